The Bertz CT molecular complexity index is 720. The van der Waals surface area contributed by atoms with Crippen LogP contribution >= 0.6 is 11.6 Å². The predicted molar refractivity (Wildman–Crippen MR) is 103 cm³/mol. The van der Waals surface area contributed by atoms with Crippen LogP contribution in [0.15, 0.2) is 47.5 Å². The van der Waals surface area contributed by atoms with Crippen LogP contribution in [0.25, 0.3) is 0 Å². The minimum atomic E-state index is 0.592. The van der Waals surface area contributed by atoms with E-state index in [9.17, 15) is 0 Å². The Balaban J connectivity index is 1.94. The van der Waals surface area contributed by atoms with Crippen LogP contribution in [0.3, 0.4) is 0 Å². The lowest BCUT2D eigenvalue weighted by atomic mass is 10.2. The standard InChI is InChI=1S/C19H24ClN3O2/c1-4-25-18-11-14(9-10-17(18)24-3)12-22-19(21-2)23-13-15-7-5-6-8-16(15)20/h5-11H,4,12-13H2,1-3H3,(H2,21,22,23). The van der Waals surface area contributed by atoms with Crippen LogP contribution in [0, 0.1) is 0 Å². The summed E-state index contributed by atoms with van der Waals surface area (Å²) in [5.74, 6) is 2.17. The normalized spacial score (nSPS) is 11.1. The average molecular weight is 362 g/mol. The van der Waals surface area contributed by atoms with Crippen molar-refractivity contribution in [1.82, 2.24) is 10.6 Å². The third-order valence-electron chi connectivity index (χ3n) is 3.62. The molecule has 2 aromatic rings. The van der Waals surface area contributed by atoms with E-state index in [-0.39, 0.29) is 0 Å². The quantitative estimate of drug-likeness (QED) is 0.584. The number of halogens is 1. The van der Waals surface area contributed by atoms with E-state index in [2.05, 4.69) is 15.6 Å². The first-order valence-corrected chi connectivity index (χ1v) is 8.53. The molecule has 0 aliphatic carbocycles. The van der Waals surface area contributed by atoms with E-state index >= 15 is 0 Å². The first-order valence-electron chi connectivity index (χ1n) is 8.15. The van der Waals surface area contributed by atoms with Crippen LogP contribution in [-0.2, 0) is 13.1 Å². The molecule has 0 saturated carbocycles. The molecule has 0 aromatic heterocycles. The van der Waals surface area contributed by atoms with Gasteiger partial charge in [-0.15, -0.1) is 0 Å². The van der Waals surface area contributed by atoms with Gasteiger partial charge in [0, 0.05) is 25.2 Å². The molecule has 2 rings (SSSR count). The van der Waals surface area contributed by atoms with Crippen LogP contribution in [-0.4, -0.2) is 26.7 Å². The molecule has 6 heteroatoms. The molecular formula is C19H24ClN3O2. The molecule has 2 aromatic carbocycles. The predicted octanol–water partition coefficient (Wildman–Crippen LogP) is 3.61. The third-order valence-corrected chi connectivity index (χ3v) is 3.98. The van der Waals surface area contributed by atoms with Crippen molar-refractivity contribution in [2.24, 2.45) is 4.99 Å². The number of rotatable bonds is 7. The number of aliphatic imine (C=N–C) groups is 1. The Kier molecular flexibility index (Phi) is 7.41. The van der Waals surface area contributed by atoms with Gasteiger partial charge in [0.05, 0.1) is 13.7 Å². The fraction of sp³-hybridized carbons (Fsp3) is 0.316. The molecule has 134 valence electrons. The van der Waals surface area contributed by atoms with E-state index in [1.54, 1.807) is 14.2 Å². The van der Waals surface area contributed by atoms with Gasteiger partial charge in [0.25, 0.3) is 0 Å². The summed E-state index contributed by atoms with van der Waals surface area (Å²) in [5.41, 5.74) is 2.10. The summed E-state index contributed by atoms with van der Waals surface area (Å²) in [7, 11) is 3.37. The Hall–Kier alpha value is -2.40. The first-order chi connectivity index (χ1) is 12.2. The fourth-order valence-electron chi connectivity index (χ4n) is 2.33. The second-order valence-electron chi connectivity index (χ2n) is 5.29. The van der Waals surface area contributed by atoms with Crippen molar-refractivity contribution in [2.75, 3.05) is 20.8 Å². The zero-order chi connectivity index (χ0) is 18.1. The van der Waals surface area contributed by atoms with Crippen molar-refractivity contribution in [1.29, 1.82) is 0 Å². The number of ether oxygens (including phenoxy) is 2. The van der Waals surface area contributed by atoms with E-state index in [0.717, 1.165) is 27.6 Å². The van der Waals surface area contributed by atoms with Crippen LogP contribution < -0.4 is 20.1 Å². The molecule has 0 bridgehead atoms. The molecule has 0 aliphatic rings. The molecule has 0 aliphatic heterocycles. The Labute approximate surface area is 154 Å². The van der Waals surface area contributed by atoms with E-state index in [4.69, 9.17) is 21.1 Å². The summed E-state index contributed by atoms with van der Waals surface area (Å²) in [4.78, 5) is 4.24. The van der Waals surface area contributed by atoms with Crippen molar-refractivity contribution in [3.8, 4) is 11.5 Å². The number of methoxy groups -OCH3 is 1. The summed E-state index contributed by atoms with van der Waals surface area (Å²) >= 11 is 6.17. The maximum Gasteiger partial charge on any atom is 0.191 e. The van der Waals surface area contributed by atoms with Crippen LogP contribution in [0.4, 0.5) is 0 Å². The molecule has 0 radical (unpaired) electrons. The molecule has 0 saturated heterocycles. The minimum Gasteiger partial charge on any atom is -0.493 e. The Morgan fingerprint density at radius 3 is 2.52 bits per heavy atom. The van der Waals surface area contributed by atoms with Crippen LogP contribution in [0.1, 0.15) is 18.1 Å². The summed E-state index contributed by atoms with van der Waals surface area (Å²) < 4.78 is 10.9. The largest absolute Gasteiger partial charge is 0.493 e. The second kappa shape index (κ2) is 9.79. The van der Waals surface area contributed by atoms with Gasteiger partial charge < -0.3 is 20.1 Å². The number of hydrogen-bond donors (Lipinski definition) is 2. The highest BCUT2D eigenvalue weighted by atomic mass is 35.5. The van der Waals surface area contributed by atoms with Gasteiger partial charge in [-0.1, -0.05) is 35.9 Å². The van der Waals surface area contributed by atoms with E-state index < -0.39 is 0 Å². The maximum atomic E-state index is 6.17. The maximum absolute atomic E-state index is 6.17. The molecule has 25 heavy (non-hydrogen) atoms. The number of nitrogens with one attached hydrogen (secondary N) is 2. The van der Waals surface area contributed by atoms with E-state index in [1.807, 2.05) is 49.4 Å². The van der Waals surface area contributed by atoms with Gasteiger partial charge in [0.15, 0.2) is 17.5 Å². The van der Waals surface area contributed by atoms with Gasteiger partial charge in [-0.3, -0.25) is 4.99 Å². The van der Waals surface area contributed by atoms with E-state index in [0.29, 0.717) is 25.7 Å². The molecule has 0 unspecified atom stereocenters. The smallest absolute Gasteiger partial charge is 0.191 e. The van der Waals surface area contributed by atoms with Crippen molar-refractivity contribution >= 4 is 17.6 Å². The molecule has 0 heterocycles. The summed E-state index contributed by atoms with van der Waals surface area (Å²) in [6.07, 6.45) is 0. The van der Waals surface area contributed by atoms with Gasteiger partial charge in [0.1, 0.15) is 0 Å². The second-order valence-corrected chi connectivity index (χ2v) is 5.70. The zero-order valence-electron chi connectivity index (χ0n) is 14.8. The molecule has 2 N–H and O–H groups in total. The van der Waals surface area contributed by atoms with Gasteiger partial charge in [0.2, 0.25) is 0 Å². The van der Waals surface area contributed by atoms with Crippen LogP contribution in [0.2, 0.25) is 5.02 Å². The summed E-state index contributed by atoms with van der Waals surface area (Å²) in [5, 5.41) is 7.28. The summed E-state index contributed by atoms with van der Waals surface area (Å²) in [6.45, 7) is 3.76. The molecular weight excluding hydrogens is 338 g/mol. The Morgan fingerprint density at radius 1 is 1.08 bits per heavy atom. The number of guanidine groups is 1. The molecule has 0 amide bonds. The molecule has 5 nitrogen and oxygen atoms in total. The average Bonchev–Trinajstić information content (AvgIpc) is 2.63. The highest BCUT2D eigenvalue weighted by molar-refractivity contribution is 6.31. The molecule has 0 atom stereocenters. The third kappa shape index (κ3) is 5.57. The van der Waals surface area contributed by atoms with Gasteiger partial charge in [-0.2, -0.15) is 0 Å². The SMILES string of the molecule is CCOc1cc(CNC(=NC)NCc2ccccc2Cl)ccc1OC. The lowest BCUT2D eigenvalue weighted by Crippen LogP contribution is -2.36. The highest BCUT2D eigenvalue weighted by Gasteiger charge is 2.06. The minimum absolute atomic E-state index is 0.592. The Morgan fingerprint density at radius 2 is 1.84 bits per heavy atom. The summed E-state index contributed by atoms with van der Waals surface area (Å²) in [6, 6.07) is 13.6. The topological polar surface area (TPSA) is 54.9 Å². The fourth-order valence-corrected chi connectivity index (χ4v) is 2.53. The number of benzene rings is 2. The van der Waals surface area contributed by atoms with Gasteiger partial charge >= 0.3 is 0 Å². The molecule has 0 fully saturated rings. The van der Waals surface area contributed by atoms with Crippen molar-refractivity contribution in [3.05, 3.63) is 58.6 Å². The highest BCUT2D eigenvalue weighted by Crippen LogP contribution is 2.27. The van der Waals surface area contributed by atoms with Crippen molar-refractivity contribution in [3.63, 3.8) is 0 Å². The van der Waals surface area contributed by atoms with Gasteiger partial charge in [-0.05, 0) is 36.2 Å². The number of nitrogens with zero attached hydrogens (tertiary/aromatic N) is 1. The molecule has 0 spiro atoms. The van der Waals surface area contributed by atoms with Gasteiger partial charge in [-0.25, -0.2) is 0 Å². The lowest BCUT2D eigenvalue weighted by molar-refractivity contribution is 0.310. The first kappa shape index (κ1) is 18.9. The van der Waals surface area contributed by atoms with Crippen LogP contribution in [0.5, 0.6) is 11.5 Å². The zero-order valence-corrected chi connectivity index (χ0v) is 15.6. The van der Waals surface area contributed by atoms with Crippen molar-refractivity contribution < 1.29 is 9.47 Å². The van der Waals surface area contributed by atoms with Crippen molar-refractivity contribution in [2.45, 2.75) is 20.0 Å². The lowest BCUT2D eigenvalue weighted by Gasteiger charge is -2.14. The number of hydrogen-bond acceptors (Lipinski definition) is 3. The monoisotopic (exact) mass is 361 g/mol. The van der Waals surface area contributed by atoms with E-state index in [1.165, 1.54) is 0 Å².